The van der Waals surface area contributed by atoms with E-state index in [-0.39, 0.29) is 0 Å². The summed E-state index contributed by atoms with van der Waals surface area (Å²) < 4.78 is 0. The van der Waals surface area contributed by atoms with Crippen molar-refractivity contribution in [2.75, 3.05) is 13.6 Å². The van der Waals surface area contributed by atoms with Crippen LogP contribution in [0.3, 0.4) is 0 Å². The van der Waals surface area contributed by atoms with Crippen molar-refractivity contribution in [2.45, 2.75) is 40.4 Å². The van der Waals surface area contributed by atoms with Gasteiger partial charge in [-0.15, -0.1) is 22.7 Å². The van der Waals surface area contributed by atoms with Gasteiger partial charge in [0.25, 0.3) is 0 Å². The fourth-order valence-corrected chi connectivity index (χ4v) is 3.84. The highest BCUT2D eigenvalue weighted by atomic mass is 32.1. The fourth-order valence-electron chi connectivity index (χ4n) is 2.17. The zero-order chi connectivity index (χ0) is 15.2. The lowest BCUT2D eigenvalue weighted by Gasteiger charge is -2.13. The van der Waals surface area contributed by atoms with Crippen LogP contribution in [0.25, 0.3) is 0 Å². The van der Waals surface area contributed by atoms with Gasteiger partial charge in [-0.05, 0) is 38.6 Å². The first kappa shape index (κ1) is 16.6. The molecule has 0 aliphatic heterocycles. The molecule has 0 aliphatic rings. The molecule has 2 heterocycles. The molecule has 2 aromatic rings. The monoisotopic (exact) mass is 323 g/mol. The smallest absolute Gasteiger partial charge is 0.0897 e. The molecule has 0 radical (unpaired) electrons. The van der Waals surface area contributed by atoms with Crippen molar-refractivity contribution in [3.05, 3.63) is 38.0 Å². The molecule has 0 bridgehead atoms. The minimum Gasteiger partial charge on any atom is -0.312 e. The number of nitrogens with zero attached hydrogens (tertiary/aromatic N) is 2. The molecule has 5 heteroatoms. The van der Waals surface area contributed by atoms with Crippen molar-refractivity contribution >= 4 is 22.7 Å². The molecule has 0 spiro atoms. The van der Waals surface area contributed by atoms with E-state index in [1.165, 1.54) is 15.4 Å². The summed E-state index contributed by atoms with van der Waals surface area (Å²) in [5.41, 5.74) is 1.18. The Balaban J connectivity index is 1.78. The zero-order valence-electron chi connectivity index (χ0n) is 13.3. The van der Waals surface area contributed by atoms with Gasteiger partial charge in [-0.2, -0.15) is 0 Å². The van der Waals surface area contributed by atoms with E-state index >= 15 is 0 Å². The SMILES string of the molecule is Cc1nc(CN(C)Cc2ccc(CNCC(C)C)s2)cs1. The van der Waals surface area contributed by atoms with Gasteiger partial charge in [-0.3, -0.25) is 4.90 Å². The van der Waals surface area contributed by atoms with Crippen molar-refractivity contribution in [2.24, 2.45) is 5.92 Å². The molecule has 0 aromatic carbocycles. The Morgan fingerprint density at radius 3 is 2.67 bits per heavy atom. The van der Waals surface area contributed by atoms with E-state index in [0.29, 0.717) is 5.92 Å². The minimum atomic E-state index is 0.706. The lowest BCUT2D eigenvalue weighted by atomic mass is 10.2. The summed E-state index contributed by atoms with van der Waals surface area (Å²) in [6.45, 7) is 10.5. The van der Waals surface area contributed by atoms with Crippen LogP contribution in [0.4, 0.5) is 0 Å². The molecule has 0 saturated heterocycles. The quantitative estimate of drug-likeness (QED) is 0.799. The number of hydrogen-bond donors (Lipinski definition) is 1. The maximum atomic E-state index is 4.52. The molecule has 2 rings (SSSR count). The van der Waals surface area contributed by atoms with Crippen LogP contribution >= 0.6 is 22.7 Å². The third-order valence-corrected chi connectivity index (χ3v) is 4.99. The van der Waals surface area contributed by atoms with Gasteiger partial charge in [-0.1, -0.05) is 13.8 Å². The van der Waals surface area contributed by atoms with E-state index in [4.69, 9.17) is 0 Å². The maximum Gasteiger partial charge on any atom is 0.0897 e. The van der Waals surface area contributed by atoms with Gasteiger partial charge in [-0.25, -0.2) is 4.98 Å². The Hall–Kier alpha value is -0.750. The summed E-state index contributed by atoms with van der Waals surface area (Å²) in [4.78, 5) is 9.69. The molecule has 0 unspecified atom stereocenters. The average Bonchev–Trinajstić information content (AvgIpc) is 2.98. The second-order valence-electron chi connectivity index (χ2n) is 5.92. The molecular weight excluding hydrogens is 298 g/mol. The molecule has 3 nitrogen and oxygen atoms in total. The van der Waals surface area contributed by atoms with Gasteiger partial charge in [0.2, 0.25) is 0 Å². The predicted molar refractivity (Wildman–Crippen MR) is 92.9 cm³/mol. The molecular formula is C16H25N3S2. The van der Waals surface area contributed by atoms with Crippen LogP contribution in [0.2, 0.25) is 0 Å². The van der Waals surface area contributed by atoms with Gasteiger partial charge in [0.15, 0.2) is 0 Å². The number of aryl methyl sites for hydroxylation is 1. The molecule has 21 heavy (non-hydrogen) atoms. The van der Waals surface area contributed by atoms with E-state index in [9.17, 15) is 0 Å². The summed E-state index contributed by atoms with van der Waals surface area (Å²) in [5, 5.41) is 6.80. The van der Waals surface area contributed by atoms with Crippen molar-refractivity contribution in [1.82, 2.24) is 15.2 Å². The normalized spacial score (nSPS) is 11.7. The van der Waals surface area contributed by atoms with Crippen molar-refractivity contribution in [3.63, 3.8) is 0 Å². The largest absolute Gasteiger partial charge is 0.312 e. The van der Waals surface area contributed by atoms with Gasteiger partial charge in [0.05, 0.1) is 10.7 Å². The molecule has 0 atom stereocenters. The zero-order valence-corrected chi connectivity index (χ0v) is 15.0. The maximum absolute atomic E-state index is 4.52. The number of rotatable bonds is 8. The van der Waals surface area contributed by atoms with Crippen LogP contribution < -0.4 is 5.32 Å². The number of thiophene rings is 1. The van der Waals surface area contributed by atoms with E-state index in [0.717, 1.165) is 31.2 Å². The van der Waals surface area contributed by atoms with Gasteiger partial charge in [0, 0.05) is 34.8 Å². The summed E-state index contributed by atoms with van der Waals surface area (Å²) in [6.07, 6.45) is 0. The first-order chi connectivity index (χ1) is 10.0. The molecule has 2 aromatic heterocycles. The van der Waals surface area contributed by atoms with E-state index < -0.39 is 0 Å². The molecule has 0 aliphatic carbocycles. The van der Waals surface area contributed by atoms with Gasteiger partial charge < -0.3 is 5.32 Å². The Kier molecular flexibility index (Phi) is 6.36. The second kappa shape index (κ2) is 8.03. The van der Waals surface area contributed by atoms with Gasteiger partial charge in [0.1, 0.15) is 0 Å². The second-order valence-corrected chi connectivity index (χ2v) is 8.24. The van der Waals surface area contributed by atoms with Crippen LogP contribution in [0, 0.1) is 12.8 Å². The topological polar surface area (TPSA) is 28.2 Å². The van der Waals surface area contributed by atoms with Crippen LogP contribution in [-0.2, 0) is 19.6 Å². The first-order valence-electron chi connectivity index (χ1n) is 7.41. The molecule has 116 valence electrons. The van der Waals surface area contributed by atoms with Crippen molar-refractivity contribution < 1.29 is 0 Å². The number of nitrogens with one attached hydrogen (secondary N) is 1. The standard InChI is InChI=1S/C16H25N3S2/c1-12(2)7-17-8-15-5-6-16(21-15)10-19(4)9-14-11-20-13(3)18-14/h5-6,11-12,17H,7-10H2,1-4H3. The Labute approximate surface area is 136 Å². The van der Waals surface area contributed by atoms with Crippen molar-refractivity contribution in [1.29, 1.82) is 0 Å². The third kappa shape index (κ3) is 5.87. The summed E-state index contributed by atoms with van der Waals surface area (Å²) in [5.74, 6) is 0.706. The summed E-state index contributed by atoms with van der Waals surface area (Å²) >= 11 is 3.63. The van der Waals surface area contributed by atoms with E-state index in [2.05, 4.69) is 60.5 Å². The molecule has 0 saturated carbocycles. The highest BCUT2D eigenvalue weighted by molar-refractivity contribution is 7.12. The van der Waals surface area contributed by atoms with Crippen LogP contribution in [0.15, 0.2) is 17.5 Å². The van der Waals surface area contributed by atoms with Crippen LogP contribution in [-0.4, -0.2) is 23.5 Å². The Bertz CT molecular complexity index is 545. The predicted octanol–water partition coefficient (Wildman–Crippen LogP) is 3.89. The Morgan fingerprint density at radius 1 is 1.24 bits per heavy atom. The summed E-state index contributed by atoms with van der Waals surface area (Å²) in [6, 6.07) is 4.49. The summed E-state index contributed by atoms with van der Waals surface area (Å²) in [7, 11) is 2.16. The highest BCUT2D eigenvalue weighted by Crippen LogP contribution is 2.19. The average molecular weight is 324 g/mol. The Morgan fingerprint density at radius 2 is 2.00 bits per heavy atom. The fraction of sp³-hybridized carbons (Fsp3) is 0.562. The number of hydrogen-bond acceptors (Lipinski definition) is 5. The lowest BCUT2D eigenvalue weighted by molar-refractivity contribution is 0.318. The lowest BCUT2D eigenvalue weighted by Crippen LogP contribution is -2.18. The van der Waals surface area contributed by atoms with Gasteiger partial charge >= 0.3 is 0 Å². The van der Waals surface area contributed by atoms with E-state index in [1.54, 1.807) is 11.3 Å². The number of aromatic nitrogens is 1. The van der Waals surface area contributed by atoms with E-state index in [1.807, 2.05) is 11.3 Å². The third-order valence-electron chi connectivity index (χ3n) is 3.09. The molecule has 0 amide bonds. The minimum absolute atomic E-state index is 0.706. The molecule has 0 fully saturated rings. The molecule has 1 N–H and O–H groups in total. The number of thiazole rings is 1. The first-order valence-corrected chi connectivity index (χ1v) is 9.10. The van der Waals surface area contributed by atoms with Crippen LogP contribution in [0.5, 0.6) is 0 Å². The van der Waals surface area contributed by atoms with Crippen LogP contribution in [0.1, 0.15) is 34.3 Å². The highest BCUT2D eigenvalue weighted by Gasteiger charge is 2.07. The van der Waals surface area contributed by atoms with Crippen molar-refractivity contribution in [3.8, 4) is 0 Å².